The summed E-state index contributed by atoms with van der Waals surface area (Å²) in [5, 5.41) is 8.95. The number of nitrogens with two attached hydrogens (primary N) is 1. The first-order chi connectivity index (χ1) is 9.23. The predicted molar refractivity (Wildman–Crippen MR) is 71.1 cm³/mol. The molecule has 0 saturated heterocycles. The maximum atomic E-state index is 11.5. The third kappa shape index (κ3) is 2.30. The molecule has 0 atom stereocenters. The minimum atomic E-state index is -4.55. The molecule has 2 rings (SSSR count). The maximum Gasteiger partial charge on any atom is 0.356 e. The summed E-state index contributed by atoms with van der Waals surface area (Å²) < 4.78 is 11.4. The van der Waals surface area contributed by atoms with E-state index in [1.165, 1.54) is 24.3 Å². The standard InChI is InChI=1S/C12H10NO6P/c13-11(14)10-7-2-1-3-9(20(17,18)19)6(7)4-5-8(10)12(15)16/h1-5H,(H2,13,14)(H,15,16)(H2,17,18,19). The average molecular weight is 295 g/mol. The Morgan fingerprint density at radius 3 is 2.20 bits per heavy atom. The van der Waals surface area contributed by atoms with Gasteiger partial charge >= 0.3 is 13.6 Å². The van der Waals surface area contributed by atoms with Crippen molar-refractivity contribution in [2.24, 2.45) is 5.73 Å². The minimum absolute atomic E-state index is 0.0956. The fourth-order valence-corrected chi connectivity index (χ4v) is 2.83. The Balaban J connectivity index is 2.97. The summed E-state index contributed by atoms with van der Waals surface area (Å²) in [4.78, 5) is 41.1. The normalized spacial score (nSPS) is 11.5. The molecule has 20 heavy (non-hydrogen) atoms. The topological polar surface area (TPSA) is 138 Å². The van der Waals surface area contributed by atoms with Crippen LogP contribution < -0.4 is 11.0 Å². The molecule has 0 bridgehead atoms. The number of primary amides is 1. The van der Waals surface area contributed by atoms with Crippen LogP contribution in [0.4, 0.5) is 0 Å². The molecule has 0 radical (unpaired) electrons. The predicted octanol–water partition coefficient (Wildman–Crippen LogP) is 0.440. The smallest absolute Gasteiger partial charge is 0.356 e. The van der Waals surface area contributed by atoms with Gasteiger partial charge in [-0.15, -0.1) is 0 Å². The highest BCUT2D eigenvalue weighted by Gasteiger charge is 2.24. The van der Waals surface area contributed by atoms with Gasteiger partial charge in [-0.2, -0.15) is 0 Å². The van der Waals surface area contributed by atoms with Crippen molar-refractivity contribution < 1.29 is 29.0 Å². The summed E-state index contributed by atoms with van der Waals surface area (Å²) in [5.41, 5.74) is 4.60. The quantitative estimate of drug-likeness (QED) is 0.606. The molecule has 0 fully saturated rings. The van der Waals surface area contributed by atoms with Crippen molar-refractivity contribution in [1.29, 1.82) is 0 Å². The molecule has 0 aromatic heterocycles. The number of hydrogen-bond donors (Lipinski definition) is 4. The van der Waals surface area contributed by atoms with Crippen molar-refractivity contribution in [1.82, 2.24) is 0 Å². The SMILES string of the molecule is NC(=O)c1c(C(=O)O)ccc2c(P(=O)(O)O)cccc12. The fraction of sp³-hybridized carbons (Fsp3) is 0. The zero-order chi connectivity index (χ0) is 15.1. The van der Waals surface area contributed by atoms with Gasteiger partial charge in [0.15, 0.2) is 0 Å². The van der Waals surface area contributed by atoms with E-state index in [2.05, 4.69) is 0 Å². The van der Waals surface area contributed by atoms with Crippen LogP contribution in [0, 0.1) is 0 Å². The highest BCUT2D eigenvalue weighted by molar-refractivity contribution is 7.60. The number of benzene rings is 2. The monoisotopic (exact) mass is 295 g/mol. The number of hydrogen-bond acceptors (Lipinski definition) is 3. The van der Waals surface area contributed by atoms with E-state index < -0.39 is 19.5 Å². The maximum absolute atomic E-state index is 11.5. The second-order valence-corrected chi connectivity index (χ2v) is 5.64. The lowest BCUT2D eigenvalue weighted by Gasteiger charge is -2.12. The molecular formula is C12H10NO6P. The lowest BCUT2D eigenvalue weighted by atomic mass is 9.98. The van der Waals surface area contributed by atoms with Crippen LogP contribution in [0.15, 0.2) is 30.3 Å². The average Bonchev–Trinajstić information content (AvgIpc) is 2.34. The van der Waals surface area contributed by atoms with Crippen molar-refractivity contribution >= 4 is 35.5 Å². The van der Waals surface area contributed by atoms with E-state index in [4.69, 9.17) is 10.8 Å². The lowest BCUT2D eigenvalue weighted by Crippen LogP contribution is -2.18. The minimum Gasteiger partial charge on any atom is -0.478 e. The van der Waals surface area contributed by atoms with Gasteiger partial charge in [-0.1, -0.05) is 18.2 Å². The van der Waals surface area contributed by atoms with Crippen molar-refractivity contribution in [3.63, 3.8) is 0 Å². The van der Waals surface area contributed by atoms with E-state index >= 15 is 0 Å². The Bertz CT molecular complexity index is 779. The Morgan fingerprint density at radius 2 is 1.70 bits per heavy atom. The van der Waals surface area contributed by atoms with E-state index in [-0.39, 0.29) is 27.2 Å². The molecule has 2 aromatic carbocycles. The highest BCUT2D eigenvalue weighted by Crippen LogP contribution is 2.37. The summed E-state index contributed by atoms with van der Waals surface area (Å²) in [7, 11) is -4.55. The largest absolute Gasteiger partial charge is 0.478 e. The summed E-state index contributed by atoms with van der Waals surface area (Å²) in [6.45, 7) is 0. The van der Waals surface area contributed by atoms with Crippen LogP contribution in [0.3, 0.4) is 0 Å². The lowest BCUT2D eigenvalue weighted by molar-refractivity contribution is 0.0692. The number of amides is 1. The van der Waals surface area contributed by atoms with Gasteiger partial charge in [0.2, 0.25) is 5.91 Å². The number of carbonyl (C=O) groups excluding carboxylic acids is 1. The van der Waals surface area contributed by atoms with Crippen molar-refractivity contribution in [3.8, 4) is 0 Å². The third-order valence-corrected chi connectivity index (χ3v) is 3.85. The molecule has 0 aliphatic heterocycles. The summed E-state index contributed by atoms with van der Waals surface area (Å²) in [5.74, 6) is -2.32. The molecule has 0 heterocycles. The molecular weight excluding hydrogens is 285 g/mol. The van der Waals surface area contributed by atoms with Gasteiger partial charge < -0.3 is 20.6 Å². The molecule has 0 unspecified atom stereocenters. The van der Waals surface area contributed by atoms with Crippen molar-refractivity contribution in [3.05, 3.63) is 41.5 Å². The number of fused-ring (bicyclic) bond motifs is 1. The third-order valence-electron chi connectivity index (χ3n) is 2.83. The van der Waals surface area contributed by atoms with Crippen LogP contribution in [0.2, 0.25) is 0 Å². The molecule has 7 nitrogen and oxygen atoms in total. The summed E-state index contributed by atoms with van der Waals surface area (Å²) in [6.07, 6.45) is 0. The van der Waals surface area contributed by atoms with Gasteiger partial charge in [-0.3, -0.25) is 9.36 Å². The van der Waals surface area contributed by atoms with E-state index in [0.29, 0.717) is 0 Å². The van der Waals surface area contributed by atoms with Crippen LogP contribution in [0.5, 0.6) is 0 Å². The molecule has 8 heteroatoms. The first-order valence-electron chi connectivity index (χ1n) is 5.38. The first kappa shape index (κ1) is 14.2. The molecule has 1 amide bonds. The second-order valence-electron chi connectivity index (χ2n) is 4.07. The van der Waals surface area contributed by atoms with Crippen LogP contribution in [-0.4, -0.2) is 26.8 Å². The molecule has 104 valence electrons. The molecule has 2 aromatic rings. The Labute approximate surface area is 112 Å². The van der Waals surface area contributed by atoms with Gasteiger partial charge in [0.05, 0.1) is 16.4 Å². The summed E-state index contributed by atoms with van der Waals surface area (Å²) >= 11 is 0. The zero-order valence-corrected chi connectivity index (χ0v) is 10.9. The van der Waals surface area contributed by atoms with E-state index in [1.807, 2.05) is 0 Å². The van der Waals surface area contributed by atoms with Crippen LogP contribution in [0.25, 0.3) is 10.8 Å². The van der Waals surface area contributed by atoms with Gasteiger partial charge in [0, 0.05) is 0 Å². The van der Waals surface area contributed by atoms with Crippen LogP contribution in [0.1, 0.15) is 20.7 Å². The Kier molecular flexibility index (Phi) is 3.35. The summed E-state index contributed by atoms with van der Waals surface area (Å²) in [6, 6.07) is 6.29. The zero-order valence-electron chi connectivity index (χ0n) is 9.98. The van der Waals surface area contributed by atoms with Crippen molar-refractivity contribution in [2.45, 2.75) is 0 Å². The van der Waals surface area contributed by atoms with Crippen molar-refractivity contribution in [2.75, 3.05) is 0 Å². The fourth-order valence-electron chi connectivity index (χ4n) is 2.04. The van der Waals surface area contributed by atoms with Gasteiger partial charge in [-0.25, -0.2) is 4.79 Å². The number of carbonyl (C=O) groups is 2. The van der Waals surface area contributed by atoms with E-state index in [9.17, 15) is 23.9 Å². The number of carboxylic acid groups (broad SMARTS) is 1. The molecule has 0 saturated carbocycles. The molecule has 0 aliphatic carbocycles. The van der Waals surface area contributed by atoms with Crippen LogP contribution >= 0.6 is 7.60 Å². The highest BCUT2D eigenvalue weighted by atomic mass is 31.2. The van der Waals surface area contributed by atoms with E-state index in [1.54, 1.807) is 0 Å². The van der Waals surface area contributed by atoms with Gasteiger partial charge in [0.1, 0.15) is 0 Å². The first-order valence-corrected chi connectivity index (χ1v) is 6.99. The van der Waals surface area contributed by atoms with E-state index in [0.717, 1.165) is 6.07 Å². The van der Waals surface area contributed by atoms with Crippen LogP contribution in [-0.2, 0) is 4.57 Å². The Hall–Kier alpha value is -2.21. The Morgan fingerprint density at radius 1 is 1.05 bits per heavy atom. The molecule has 0 aliphatic rings. The number of rotatable bonds is 3. The second kappa shape index (κ2) is 4.72. The number of aromatic carboxylic acids is 1. The molecule has 5 N–H and O–H groups in total. The van der Waals surface area contributed by atoms with Gasteiger partial charge in [-0.05, 0) is 22.9 Å². The van der Waals surface area contributed by atoms with Gasteiger partial charge in [0.25, 0.3) is 0 Å². The molecule has 0 spiro atoms. The number of carboxylic acids is 1.